The van der Waals surface area contributed by atoms with Crippen LogP contribution in [0, 0.1) is 20.8 Å². The summed E-state index contributed by atoms with van der Waals surface area (Å²) in [6.45, 7) is 14.8. The van der Waals surface area contributed by atoms with E-state index >= 15 is 0 Å². The number of carboxylic acid groups (broad SMARTS) is 5. The van der Waals surface area contributed by atoms with Crippen molar-refractivity contribution in [1.82, 2.24) is 0 Å². The van der Waals surface area contributed by atoms with Crippen LogP contribution in [0.15, 0.2) is 152 Å². The number of ketones is 1. The van der Waals surface area contributed by atoms with Gasteiger partial charge in [-0.05, 0) is 163 Å². The fraction of sp³-hybridized carbons (Fsp3) is 0.258. The molecule has 444 valence electrons. The second-order valence-electron chi connectivity index (χ2n) is 18.1. The molecule has 3 atom stereocenters. The van der Waals surface area contributed by atoms with E-state index in [1.165, 1.54) is 39.8 Å². The van der Waals surface area contributed by atoms with Crippen molar-refractivity contribution in [3.63, 3.8) is 0 Å². The molecule has 0 aliphatic carbocycles. The molecule has 7 rings (SSSR count). The van der Waals surface area contributed by atoms with Crippen LogP contribution >= 0.6 is 46.4 Å². The maximum atomic E-state index is 11.3. The van der Waals surface area contributed by atoms with Crippen molar-refractivity contribution < 1.29 is 82.7 Å². The van der Waals surface area contributed by atoms with Crippen LogP contribution < -0.4 is 28.4 Å². The summed E-state index contributed by atoms with van der Waals surface area (Å²) in [6.07, 6.45) is -1.61. The van der Waals surface area contributed by atoms with Gasteiger partial charge >= 0.3 is 29.8 Å². The Morgan fingerprint density at radius 2 is 0.952 bits per heavy atom. The molecule has 7 aromatic carbocycles. The lowest BCUT2D eigenvalue weighted by molar-refractivity contribution is -0.152. The molecule has 0 radical (unpaired) electrons. The Kier molecular flexibility index (Phi) is 31.0. The molecule has 21 heteroatoms. The van der Waals surface area contributed by atoms with Crippen LogP contribution in [0.1, 0.15) is 64.7 Å². The molecule has 0 aromatic heterocycles. The number of carbonyl (C=O) groups excluding carboxylic acids is 1. The number of para-hydroxylation sites is 1. The third-order valence-corrected chi connectivity index (χ3v) is 11.6. The molecule has 0 aliphatic rings. The molecule has 0 spiro atoms. The quantitative estimate of drug-likeness (QED) is 0.0504. The fourth-order valence-electron chi connectivity index (χ4n) is 6.31. The smallest absolute Gasteiger partial charge is 0.347 e. The van der Waals surface area contributed by atoms with E-state index < -0.39 is 47.7 Å². The van der Waals surface area contributed by atoms with Gasteiger partial charge in [0.25, 0.3) is 0 Å². The van der Waals surface area contributed by atoms with Crippen LogP contribution in [0.5, 0.6) is 34.5 Å². The van der Waals surface area contributed by atoms with E-state index in [1.807, 2.05) is 100 Å². The molecule has 0 aliphatic heterocycles. The van der Waals surface area contributed by atoms with Crippen molar-refractivity contribution in [2.45, 2.75) is 92.6 Å². The lowest BCUT2D eigenvalue weighted by atomic mass is 10.1. The minimum absolute atomic E-state index is 0.131. The number of aryl methyl sites for hydroxylation is 3. The van der Waals surface area contributed by atoms with Crippen LogP contribution in [-0.4, -0.2) is 98.3 Å². The first kappa shape index (κ1) is 70.9. The number of ether oxygens (including phenoxy) is 6. The summed E-state index contributed by atoms with van der Waals surface area (Å²) in [5, 5.41) is 46.5. The molecule has 83 heavy (non-hydrogen) atoms. The number of hydrogen-bond acceptors (Lipinski definition) is 12. The van der Waals surface area contributed by atoms with Crippen molar-refractivity contribution in [1.29, 1.82) is 0 Å². The molecule has 0 fully saturated rings. The number of carbonyl (C=O) groups is 6. The predicted molar refractivity (Wildman–Crippen MR) is 320 cm³/mol. The fourth-order valence-corrected chi connectivity index (χ4v) is 7.12. The number of rotatable bonds is 19. The first-order valence-electron chi connectivity index (χ1n) is 25.2. The van der Waals surface area contributed by atoms with Crippen LogP contribution in [0.4, 0.5) is 0 Å². The van der Waals surface area contributed by atoms with Gasteiger partial charge in [0.1, 0.15) is 34.5 Å². The topological polar surface area (TPSA) is 259 Å². The minimum Gasteiger partial charge on any atom is -0.483 e. The molecule has 3 unspecified atom stereocenters. The maximum Gasteiger partial charge on any atom is 0.347 e. The van der Waals surface area contributed by atoms with E-state index in [0.717, 1.165) is 33.2 Å². The number of carboxylic acids is 5. The van der Waals surface area contributed by atoms with E-state index in [-0.39, 0.29) is 25.1 Å². The zero-order valence-electron chi connectivity index (χ0n) is 46.9. The lowest BCUT2D eigenvalue weighted by Crippen LogP contribution is -2.37. The lowest BCUT2D eigenvalue weighted by Gasteiger charge is -2.21. The van der Waals surface area contributed by atoms with Crippen molar-refractivity contribution in [2.75, 3.05) is 13.2 Å². The molecule has 5 N–H and O–H groups in total. The average molecular weight is 1230 g/mol. The Morgan fingerprint density at radius 3 is 1.48 bits per heavy atom. The van der Waals surface area contributed by atoms with Crippen LogP contribution in [0.25, 0.3) is 10.8 Å². The van der Waals surface area contributed by atoms with Gasteiger partial charge in [-0.1, -0.05) is 114 Å². The first-order valence-corrected chi connectivity index (χ1v) is 26.7. The summed E-state index contributed by atoms with van der Waals surface area (Å²) in [7, 11) is 0. The second kappa shape index (κ2) is 36.3. The van der Waals surface area contributed by atoms with Crippen molar-refractivity contribution >= 4 is 92.8 Å². The summed E-state index contributed by atoms with van der Waals surface area (Å²) in [5.74, 6) is -1.56. The van der Waals surface area contributed by atoms with E-state index in [4.69, 9.17) is 100 Å². The minimum atomic E-state index is -1.18. The van der Waals surface area contributed by atoms with Gasteiger partial charge in [-0.25, -0.2) is 24.0 Å². The Hall–Kier alpha value is -8.22. The second-order valence-corrected chi connectivity index (χ2v) is 19.8. The number of fused-ring (bicyclic) bond motifs is 1. The highest BCUT2D eigenvalue weighted by molar-refractivity contribution is 6.36. The Morgan fingerprint density at radius 1 is 0.458 bits per heavy atom. The Labute approximate surface area is 501 Å². The Bertz CT molecular complexity index is 3190. The van der Waals surface area contributed by atoms with Gasteiger partial charge in [0.15, 0.2) is 42.9 Å². The summed E-state index contributed by atoms with van der Waals surface area (Å²) in [5.41, 5.74) is 2.10. The van der Waals surface area contributed by atoms with E-state index in [0.29, 0.717) is 55.3 Å². The zero-order chi connectivity index (χ0) is 62.4. The highest BCUT2D eigenvalue weighted by Gasteiger charge is 2.29. The standard InChI is InChI=1S/C12H9ClO3.C12H16O2.2C10H12O3.C9H8Cl2O3.C9H9ClO3/c13-10-5-6-11(16-7-12(14)15)9-4-2-1-3-8(9)10;1-4-12(13)10(3)14-11-7-5-6-9(2)8-11;1-7-3-8(2)5-9(4-7)13-6-10(11)12;1-10(2,9(11)12)13-8-6-4-3-5-7-8;1-5(9(12)13)14-8-3-2-6(10)4-7(8)11;1-6(9(11)12)13-8-4-2-7(10)3-5-8/h1-6H,7H2,(H,14,15);5-8,10H,4H2,1-3H3;3-5H,6H2,1-2H3,(H,11,12);3-7H,1-2H3,(H,11,12);2-5H,1H3,(H,12,13);2-6H,1H3,(H,11,12). The molecule has 0 heterocycles. The third kappa shape index (κ3) is 28.4. The van der Waals surface area contributed by atoms with Gasteiger partial charge in [-0.15, -0.1) is 0 Å². The summed E-state index contributed by atoms with van der Waals surface area (Å²) in [6, 6.07) is 44.2. The summed E-state index contributed by atoms with van der Waals surface area (Å²) < 4.78 is 31.1. The molecule has 0 bridgehead atoms. The Balaban J connectivity index is 0.000000341. The summed E-state index contributed by atoms with van der Waals surface area (Å²) >= 11 is 23.1. The van der Waals surface area contributed by atoms with Crippen LogP contribution in [0.2, 0.25) is 20.1 Å². The molecule has 0 saturated carbocycles. The third-order valence-electron chi connectivity index (χ3n) is 10.5. The van der Waals surface area contributed by atoms with Crippen LogP contribution in [-0.2, 0) is 28.8 Å². The van der Waals surface area contributed by atoms with Crippen LogP contribution in [0.3, 0.4) is 0 Å². The average Bonchev–Trinajstić information content (AvgIpc) is 3.53. The van der Waals surface area contributed by atoms with Gasteiger partial charge < -0.3 is 54.0 Å². The highest BCUT2D eigenvalue weighted by Crippen LogP contribution is 2.32. The number of benzene rings is 7. The predicted octanol–water partition coefficient (Wildman–Crippen LogP) is 14.4. The SMILES string of the molecule is CC(C)(Oc1ccccc1)C(=O)O.CC(Oc1ccc(Cl)cc1)C(=O)O.CC(Oc1ccc(Cl)cc1Cl)C(=O)O.CCC(=O)C(C)Oc1cccc(C)c1.Cc1cc(C)cc(OCC(=O)O)c1.O=C(O)COc1ccc(Cl)c2ccccc12. The van der Waals surface area contributed by atoms with Gasteiger partial charge in [0.05, 0.1) is 5.02 Å². The molecular weight excluding hydrogens is 1160 g/mol. The molecular formula is C62H66Cl4O17. The normalized spacial score (nSPS) is 11.2. The zero-order valence-corrected chi connectivity index (χ0v) is 50.0. The molecule has 7 aromatic rings. The monoisotopic (exact) mass is 1220 g/mol. The van der Waals surface area contributed by atoms with Gasteiger partial charge in [0, 0.05) is 32.3 Å². The number of halogens is 4. The van der Waals surface area contributed by atoms with Crippen molar-refractivity contribution in [3.8, 4) is 34.5 Å². The maximum absolute atomic E-state index is 11.3. The number of aliphatic carboxylic acids is 5. The summed E-state index contributed by atoms with van der Waals surface area (Å²) in [4.78, 5) is 63.5. The van der Waals surface area contributed by atoms with E-state index in [9.17, 15) is 28.8 Å². The largest absolute Gasteiger partial charge is 0.483 e. The van der Waals surface area contributed by atoms with Gasteiger partial charge in [-0.3, -0.25) is 4.79 Å². The van der Waals surface area contributed by atoms with Crippen molar-refractivity contribution in [2.24, 2.45) is 0 Å². The first-order chi connectivity index (χ1) is 39.0. The molecule has 0 saturated heterocycles. The van der Waals surface area contributed by atoms with E-state index in [1.54, 1.807) is 73.7 Å². The highest BCUT2D eigenvalue weighted by atomic mass is 35.5. The van der Waals surface area contributed by atoms with E-state index in [2.05, 4.69) is 0 Å². The number of Topliss-reactive ketones (excluding diaryl/α,β-unsaturated/α-hetero) is 1. The van der Waals surface area contributed by atoms with Crippen molar-refractivity contribution in [3.05, 3.63) is 188 Å². The van der Waals surface area contributed by atoms with Gasteiger partial charge in [0.2, 0.25) is 0 Å². The number of hydrogen-bond donors (Lipinski definition) is 5. The molecule has 0 amide bonds. The van der Waals surface area contributed by atoms with Gasteiger partial charge in [-0.2, -0.15) is 0 Å². The molecule has 17 nitrogen and oxygen atoms in total.